The van der Waals surface area contributed by atoms with Crippen molar-refractivity contribution in [2.24, 2.45) is 76.9 Å². The molecule has 1 atom stereocenters. The Morgan fingerprint density at radius 3 is 1.25 bits per heavy atom. The third-order valence-corrected chi connectivity index (χ3v) is 24.8. The molecule has 4 aromatic heterocycles. The summed E-state index contributed by atoms with van der Waals surface area (Å²) in [5, 5.41) is 29.0. The van der Waals surface area contributed by atoms with Crippen molar-refractivity contribution < 1.29 is 23.0 Å². The van der Waals surface area contributed by atoms with Crippen LogP contribution >= 0.6 is 11.3 Å². The van der Waals surface area contributed by atoms with E-state index < -0.39 is 0 Å². The first-order chi connectivity index (χ1) is 40.5. The van der Waals surface area contributed by atoms with E-state index in [2.05, 4.69) is 97.5 Å². The van der Waals surface area contributed by atoms with Gasteiger partial charge in [0.15, 0.2) is 17.5 Å². The van der Waals surface area contributed by atoms with E-state index in [-0.39, 0.29) is 11.5 Å². The lowest BCUT2D eigenvalue weighted by atomic mass is 9.53. The summed E-state index contributed by atoms with van der Waals surface area (Å²) in [6.45, 7) is 15.6. The van der Waals surface area contributed by atoms with E-state index in [1.54, 1.807) is 7.11 Å². The van der Waals surface area contributed by atoms with Gasteiger partial charge < -0.3 is 44.3 Å². The number of aromatic nitrogens is 7. The Hall–Kier alpha value is -3.19. The van der Waals surface area contributed by atoms with Crippen LogP contribution in [0.25, 0.3) is 0 Å². The second-order valence-corrected chi connectivity index (χ2v) is 33.5. The highest BCUT2D eigenvalue weighted by Gasteiger charge is 2.54. The second-order valence-electron chi connectivity index (χ2n) is 32.4. The third kappa shape index (κ3) is 13.4. The van der Waals surface area contributed by atoms with Crippen molar-refractivity contribution in [2.75, 3.05) is 13.7 Å². The number of methoxy groups -OCH3 is 1. The molecular formula is C67H103N11O5S. The van der Waals surface area contributed by atoms with Crippen LogP contribution in [0.3, 0.4) is 0 Å². The first kappa shape index (κ1) is 58.5. The first-order valence-electron chi connectivity index (χ1n) is 34.1. The summed E-state index contributed by atoms with van der Waals surface area (Å²) >= 11 is 1.89. The topological polar surface area (TPSA) is 196 Å². The molecule has 4 N–H and O–H groups in total. The van der Waals surface area contributed by atoms with Gasteiger partial charge in [0.25, 0.3) is 11.8 Å². The van der Waals surface area contributed by atoms with Crippen molar-refractivity contribution in [1.82, 2.24) is 56.7 Å². The quantitative estimate of drug-likeness (QED) is 0.0778. The summed E-state index contributed by atoms with van der Waals surface area (Å²) < 4.78 is 26.5. The van der Waals surface area contributed by atoms with Crippen molar-refractivity contribution in [2.45, 2.75) is 274 Å². The maximum absolute atomic E-state index is 5.61. The van der Waals surface area contributed by atoms with Crippen LogP contribution in [0, 0.1) is 76.9 Å². The van der Waals surface area contributed by atoms with Gasteiger partial charge in [0.1, 0.15) is 12.7 Å². The van der Waals surface area contributed by atoms with E-state index in [0.717, 1.165) is 146 Å². The molecular weight excluding hydrogens is 1070 g/mol. The van der Waals surface area contributed by atoms with Gasteiger partial charge in [-0.15, -0.1) is 11.3 Å². The highest BCUT2D eigenvalue weighted by atomic mass is 32.1. The van der Waals surface area contributed by atoms with Crippen molar-refractivity contribution in [3.63, 3.8) is 0 Å². The molecule has 17 fully saturated rings. The van der Waals surface area contributed by atoms with Gasteiger partial charge in [-0.2, -0.15) is 15.0 Å². The molecule has 16 nitrogen and oxygen atoms in total. The van der Waals surface area contributed by atoms with Gasteiger partial charge in [-0.25, -0.2) is 4.98 Å². The molecule has 0 radical (unpaired) electrons. The van der Waals surface area contributed by atoms with Crippen molar-refractivity contribution in [1.29, 1.82) is 0 Å². The van der Waals surface area contributed by atoms with E-state index in [4.69, 9.17) is 23.0 Å². The number of hydrogen-bond acceptors (Lipinski definition) is 17. The first-order valence-corrected chi connectivity index (χ1v) is 34.9. The largest absolute Gasteiger partial charge is 0.375 e. The standard InChI is InChI=1S/C18H28N2S.C17H25N3O2.C17H27N3O.C15H23N3O2/c1-17(2,3)16-19-10-15(21-16)11-20-18-7-12-4-13(8-18)6-14(5-12)9-18;1-2-14(21-3-1)16-19-15(20-22-16)10-18-17-7-11-4-12(8-17)6-13(5-11)9-17;1-11(2)3-16-19-15(20-21-16)10-18-17-7-12-4-13(8-17)6-14(5-12)9-17;1-19-9-14-17-13(18-20-14)8-16-15-5-10-2-11(6-15)4-12(3-10)7-15/h10,12-14,20H,4-9,11H2,1-3H3;11-14,18H,1-10H2;11-14,18H,3-10H2,1-2H3;10-12,16H,2-9H2,1H3. The highest BCUT2D eigenvalue weighted by molar-refractivity contribution is 7.11. The van der Waals surface area contributed by atoms with Gasteiger partial charge >= 0.3 is 0 Å². The molecule has 84 heavy (non-hydrogen) atoms. The fourth-order valence-electron chi connectivity index (χ4n) is 21.7. The van der Waals surface area contributed by atoms with Crippen LogP contribution in [0.5, 0.6) is 0 Å². The fourth-order valence-corrected chi connectivity index (χ4v) is 22.6. The second kappa shape index (κ2) is 24.0. The number of rotatable bonds is 17. The van der Waals surface area contributed by atoms with Gasteiger partial charge in [-0.05, 0) is 244 Å². The summed E-state index contributed by atoms with van der Waals surface area (Å²) in [4.78, 5) is 19.5. The minimum Gasteiger partial charge on any atom is -0.375 e. The molecule has 17 aliphatic rings. The maximum Gasteiger partial charge on any atom is 0.255 e. The summed E-state index contributed by atoms with van der Waals surface area (Å²) in [5.74, 6) is 16.7. The molecule has 0 aromatic carbocycles. The molecule has 462 valence electrons. The molecule has 0 spiro atoms. The van der Waals surface area contributed by atoms with Gasteiger partial charge in [-0.3, -0.25) is 0 Å². The lowest BCUT2D eigenvalue weighted by molar-refractivity contribution is -0.0211. The van der Waals surface area contributed by atoms with E-state index in [1.807, 2.05) is 11.3 Å². The van der Waals surface area contributed by atoms with Gasteiger partial charge in [-0.1, -0.05) is 50.1 Å². The number of thiazole rings is 1. The summed E-state index contributed by atoms with van der Waals surface area (Å²) in [7, 11) is 1.64. The van der Waals surface area contributed by atoms with Crippen LogP contribution < -0.4 is 21.3 Å². The number of hydrogen-bond donors (Lipinski definition) is 4. The number of ether oxygens (including phenoxy) is 2. The number of nitrogens with zero attached hydrogens (tertiary/aromatic N) is 7. The normalized spacial score (nSPS) is 39.4. The minimum absolute atomic E-state index is 0.0285. The Kier molecular flexibility index (Phi) is 16.7. The van der Waals surface area contributed by atoms with E-state index >= 15 is 0 Å². The highest BCUT2D eigenvalue weighted by Crippen LogP contribution is 2.59. The SMILES string of the molecule is C1COC(c2nc(CNC34CC5CC(CC(C5)C3)C4)no2)C1.CC(C)(C)c1ncc(CNC23CC4CC(CC(C4)C2)C3)s1.CC(C)Cc1nc(CNC23CC4CC(CC(C4)C2)C3)no1.COCc1nc(CNC23CC4CC(CC(C4)C2)C3)no1. The van der Waals surface area contributed by atoms with Crippen LogP contribution in [-0.4, -0.2) is 71.3 Å². The maximum atomic E-state index is 5.61. The van der Waals surface area contributed by atoms with Gasteiger partial charge in [0.05, 0.1) is 24.6 Å². The smallest absolute Gasteiger partial charge is 0.255 e. The van der Waals surface area contributed by atoms with Crippen LogP contribution in [0.15, 0.2) is 19.8 Å². The fraction of sp³-hybridized carbons (Fsp3) is 0.866. The summed E-state index contributed by atoms with van der Waals surface area (Å²) in [6.07, 6.45) is 39.5. The molecule has 16 bridgehead atoms. The molecule has 1 saturated heterocycles. The average Bonchev–Trinajstić information content (AvgIpc) is 4.05. The molecule has 0 amide bonds. The zero-order chi connectivity index (χ0) is 57.3. The van der Waals surface area contributed by atoms with Crippen LogP contribution in [-0.2, 0) is 54.1 Å². The van der Waals surface area contributed by atoms with Crippen molar-refractivity contribution in [3.8, 4) is 0 Å². The molecule has 1 unspecified atom stereocenters. The van der Waals surface area contributed by atoms with E-state index in [0.29, 0.717) is 46.5 Å². The lowest BCUT2D eigenvalue weighted by Gasteiger charge is -2.57. The average molecular weight is 1170 g/mol. The molecule has 5 heterocycles. The Labute approximate surface area is 505 Å². The predicted molar refractivity (Wildman–Crippen MR) is 322 cm³/mol. The Morgan fingerprint density at radius 2 is 0.893 bits per heavy atom. The van der Waals surface area contributed by atoms with Crippen LogP contribution in [0.4, 0.5) is 0 Å². The van der Waals surface area contributed by atoms with Crippen molar-refractivity contribution >= 4 is 11.3 Å². The van der Waals surface area contributed by atoms with Gasteiger partial charge in [0, 0.05) is 65.3 Å². The lowest BCUT2D eigenvalue weighted by Crippen LogP contribution is -2.58. The molecule has 1 aliphatic heterocycles. The van der Waals surface area contributed by atoms with E-state index in [9.17, 15) is 0 Å². The Balaban J connectivity index is 0.0000000996. The minimum atomic E-state index is 0.0285. The molecule has 16 saturated carbocycles. The zero-order valence-corrected chi connectivity index (χ0v) is 52.9. The Morgan fingerprint density at radius 1 is 0.524 bits per heavy atom. The number of nitrogens with one attached hydrogen (secondary N) is 4. The van der Waals surface area contributed by atoms with Gasteiger partial charge in [0.2, 0.25) is 5.89 Å². The molecule has 17 heteroatoms. The molecule has 21 rings (SSSR count). The molecule has 16 aliphatic carbocycles. The van der Waals surface area contributed by atoms with E-state index in [1.165, 1.54) is 164 Å². The van der Waals surface area contributed by atoms with Crippen LogP contribution in [0.1, 0.15) is 253 Å². The summed E-state index contributed by atoms with van der Waals surface area (Å²) in [5.41, 5.74) is 1.76. The predicted octanol–water partition coefficient (Wildman–Crippen LogP) is 13.1. The summed E-state index contributed by atoms with van der Waals surface area (Å²) in [6, 6.07) is 0. The monoisotopic (exact) mass is 1170 g/mol. The molecule has 4 aromatic rings. The van der Waals surface area contributed by atoms with Crippen LogP contribution in [0.2, 0.25) is 0 Å². The Bertz CT molecular complexity index is 2680. The third-order valence-electron chi connectivity index (χ3n) is 23.4. The zero-order valence-electron chi connectivity index (χ0n) is 52.1. The van der Waals surface area contributed by atoms with Crippen molar-refractivity contribution in [3.05, 3.63) is 51.2 Å².